The van der Waals surface area contributed by atoms with Gasteiger partial charge in [0.1, 0.15) is 23.0 Å². The van der Waals surface area contributed by atoms with Gasteiger partial charge in [0.05, 0.1) is 23.7 Å². The maximum absolute atomic E-state index is 14.7. The number of carbonyl (C=O) groups excluding carboxylic acids is 2. The lowest BCUT2D eigenvalue weighted by Gasteiger charge is -2.47. The molecule has 1 aliphatic heterocycles. The molecule has 46 heavy (non-hydrogen) atoms. The SMILES string of the molecule is CC(C)Oc1ccc(C2=NC3(CCC(C(C)(C)C)CC3)N([C@H](CCC(C)(C)C)c3ccc(C(=O)NCC(=N)N)cc3)C2=O)cc1Cl. The molecular weight excluding hydrogens is 598 g/mol. The second kappa shape index (κ2) is 13.8. The van der Waals surface area contributed by atoms with E-state index in [0.717, 1.165) is 44.1 Å². The molecule has 0 unspecified atom stereocenters. The highest BCUT2D eigenvalue weighted by molar-refractivity contribution is 6.47. The molecule has 0 bridgehead atoms. The molecule has 1 aliphatic carbocycles. The lowest BCUT2D eigenvalue weighted by molar-refractivity contribution is -0.134. The van der Waals surface area contributed by atoms with Gasteiger partial charge in [0, 0.05) is 11.1 Å². The minimum atomic E-state index is -0.673. The normalized spacial score (nSPS) is 21.0. The molecule has 1 fully saturated rings. The number of amides is 2. The van der Waals surface area contributed by atoms with Crippen molar-refractivity contribution in [3.8, 4) is 5.75 Å². The summed E-state index contributed by atoms with van der Waals surface area (Å²) in [6.45, 7) is 17.4. The van der Waals surface area contributed by atoms with Gasteiger partial charge >= 0.3 is 0 Å². The summed E-state index contributed by atoms with van der Waals surface area (Å²) in [5.41, 5.74) is 7.55. The summed E-state index contributed by atoms with van der Waals surface area (Å²) in [5, 5.41) is 10.5. The third-order valence-corrected chi connectivity index (χ3v) is 9.54. The Labute approximate surface area is 280 Å². The minimum Gasteiger partial charge on any atom is -0.489 e. The van der Waals surface area contributed by atoms with Crippen molar-refractivity contribution in [3.05, 3.63) is 64.2 Å². The van der Waals surface area contributed by atoms with Crippen LogP contribution in [0.3, 0.4) is 0 Å². The first-order chi connectivity index (χ1) is 21.4. The van der Waals surface area contributed by atoms with Gasteiger partial charge in [-0.2, -0.15) is 0 Å². The van der Waals surface area contributed by atoms with E-state index < -0.39 is 5.66 Å². The number of halogens is 1. The fourth-order valence-electron chi connectivity index (χ4n) is 6.68. The van der Waals surface area contributed by atoms with Crippen molar-refractivity contribution in [1.29, 1.82) is 5.41 Å². The molecule has 1 saturated carbocycles. The van der Waals surface area contributed by atoms with Crippen LogP contribution in [-0.2, 0) is 4.79 Å². The van der Waals surface area contributed by atoms with Gasteiger partial charge in [0.25, 0.3) is 11.8 Å². The number of nitrogens with one attached hydrogen (secondary N) is 2. The number of rotatable bonds is 10. The summed E-state index contributed by atoms with van der Waals surface area (Å²) in [4.78, 5) is 34.8. The van der Waals surface area contributed by atoms with Gasteiger partial charge in [0.15, 0.2) is 0 Å². The Kier molecular flexibility index (Phi) is 10.6. The zero-order valence-corrected chi connectivity index (χ0v) is 29.6. The Hall–Kier alpha value is -3.39. The van der Waals surface area contributed by atoms with E-state index in [4.69, 9.17) is 32.5 Å². The molecule has 9 heteroatoms. The Bertz CT molecular complexity index is 1460. The van der Waals surface area contributed by atoms with Crippen LogP contribution in [0.2, 0.25) is 5.02 Å². The molecule has 0 aromatic heterocycles. The minimum absolute atomic E-state index is 0.0101. The van der Waals surface area contributed by atoms with Crippen molar-refractivity contribution in [2.24, 2.45) is 27.5 Å². The van der Waals surface area contributed by atoms with Crippen LogP contribution in [0.25, 0.3) is 0 Å². The largest absolute Gasteiger partial charge is 0.489 e. The molecule has 0 saturated heterocycles. The first-order valence-corrected chi connectivity index (χ1v) is 16.9. The van der Waals surface area contributed by atoms with Crippen LogP contribution in [0.15, 0.2) is 47.5 Å². The van der Waals surface area contributed by atoms with Crippen molar-refractivity contribution in [3.63, 3.8) is 0 Å². The summed E-state index contributed by atoms with van der Waals surface area (Å²) in [7, 11) is 0. The van der Waals surface area contributed by atoms with Gasteiger partial charge in [-0.25, -0.2) is 0 Å². The van der Waals surface area contributed by atoms with Crippen LogP contribution >= 0.6 is 11.6 Å². The van der Waals surface area contributed by atoms with E-state index >= 15 is 0 Å². The molecule has 2 amide bonds. The number of nitrogens with zero attached hydrogens (tertiary/aromatic N) is 2. The molecule has 2 aromatic carbocycles. The fraction of sp³-hybridized carbons (Fsp3) is 0.568. The van der Waals surface area contributed by atoms with E-state index in [1.54, 1.807) is 18.2 Å². The summed E-state index contributed by atoms with van der Waals surface area (Å²) in [6.07, 6.45) is 5.14. The van der Waals surface area contributed by atoms with E-state index in [1.807, 2.05) is 38.1 Å². The standard InChI is InChI=1S/C37H52ClN5O3/c1-23(2)46-30-14-13-26(21-28(30)38)32-34(45)43(37(42-32)19-15-27(16-20-37)36(6,7)8)29(17-18-35(3,4)5)24-9-11-25(12-10-24)33(44)41-22-31(39)40/h9-14,21,23,27,29H,15-20,22H2,1-8H3,(H3,39,40)(H,41,44)/t27?,29-,37?/m1/s1. The topological polar surface area (TPSA) is 121 Å². The number of hydrogen-bond donors (Lipinski definition) is 3. The molecule has 8 nitrogen and oxygen atoms in total. The Balaban J connectivity index is 1.77. The zero-order chi connectivity index (χ0) is 34.0. The third-order valence-electron chi connectivity index (χ3n) is 9.25. The molecule has 4 rings (SSSR count). The van der Waals surface area contributed by atoms with Crippen LogP contribution in [0, 0.1) is 22.2 Å². The molecule has 250 valence electrons. The first kappa shape index (κ1) is 35.5. The monoisotopic (exact) mass is 649 g/mol. The molecule has 1 heterocycles. The van der Waals surface area contributed by atoms with Crippen LogP contribution in [0.1, 0.15) is 121 Å². The zero-order valence-electron chi connectivity index (χ0n) is 28.8. The third kappa shape index (κ3) is 8.30. The lowest BCUT2D eigenvalue weighted by Crippen LogP contribution is -2.51. The Morgan fingerprint density at radius 3 is 2.26 bits per heavy atom. The highest BCUT2D eigenvalue weighted by Gasteiger charge is 2.52. The van der Waals surface area contributed by atoms with Gasteiger partial charge < -0.3 is 20.7 Å². The van der Waals surface area contributed by atoms with Crippen molar-refractivity contribution in [1.82, 2.24) is 10.2 Å². The molecule has 1 atom stereocenters. The van der Waals surface area contributed by atoms with Crippen molar-refractivity contribution in [2.75, 3.05) is 6.54 Å². The average molecular weight is 650 g/mol. The quantitative estimate of drug-likeness (QED) is 0.179. The number of nitrogens with two attached hydrogens (primary N) is 1. The second-order valence-corrected chi connectivity index (χ2v) is 15.9. The smallest absolute Gasteiger partial charge is 0.275 e. The number of carbonyl (C=O) groups is 2. The van der Waals surface area contributed by atoms with E-state index in [2.05, 4.69) is 51.8 Å². The van der Waals surface area contributed by atoms with Gasteiger partial charge in [-0.15, -0.1) is 0 Å². The number of ether oxygens (including phenoxy) is 1. The van der Waals surface area contributed by atoms with Gasteiger partial charge in [-0.05, 0) is 105 Å². The second-order valence-electron chi connectivity index (χ2n) is 15.5. The molecular formula is C37H52ClN5O3. The molecule has 0 radical (unpaired) electrons. The van der Waals surface area contributed by atoms with Gasteiger partial charge in [-0.3, -0.25) is 20.0 Å². The highest BCUT2D eigenvalue weighted by atomic mass is 35.5. The maximum atomic E-state index is 14.7. The summed E-state index contributed by atoms with van der Waals surface area (Å²) in [6, 6.07) is 12.7. The van der Waals surface area contributed by atoms with Gasteiger partial charge in [0.2, 0.25) is 0 Å². The van der Waals surface area contributed by atoms with Crippen LogP contribution < -0.4 is 15.8 Å². The predicted octanol–water partition coefficient (Wildman–Crippen LogP) is 7.92. The molecule has 4 N–H and O–H groups in total. The number of benzene rings is 2. The van der Waals surface area contributed by atoms with Crippen LogP contribution in [0.4, 0.5) is 0 Å². The molecule has 1 spiro atoms. The van der Waals surface area contributed by atoms with E-state index in [0.29, 0.717) is 33.5 Å². The van der Waals surface area contributed by atoms with Crippen LogP contribution in [-0.4, -0.2) is 46.6 Å². The lowest BCUT2D eigenvalue weighted by atomic mass is 9.69. The highest BCUT2D eigenvalue weighted by Crippen LogP contribution is 2.50. The van der Waals surface area contributed by atoms with Gasteiger partial charge in [-0.1, -0.05) is 65.3 Å². The summed E-state index contributed by atoms with van der Waals surface area (Å²) < 4.78 is 5.86. The predicted molar refractivity (Wildman–Crippen MR) is 187 cm³/mol. The molecule has 2 aromatic rings. The number of hydrogen-bond acceptors (Lipinski definition) is 5. The fourth-order valence-corrected chi connectivity index (χ4v) is 6.90. The summed E-state index contributed by atoms with van der Waals surface area (Å²) >= 11 is 6.66. The number of aliphatic imine (C=N–C) groups is 1. The van der Waals surface area contributed by atoms with Crippen molar-refractivity contribution < 1.29 is 14.3 Å². The Morgan fingerprint density at radius 1 is 1.11 bits per heavy atom. The van der Waals surface area contributed by atoms with Crippen molar-refractivity contribution >= 4 is 35.0 Å². The first-order valence-electron chi connectivity index (χ1n) is 16.5. The van der Waals surface area contributed by atoms with Crippen molar-refractivity contribution in [2.45, 2.75) is 112 Å². The van der Waals surface area contributed by atoms with E-state index in [-0.39, 0.29) is 47.2 Å². The van der Waals surface area contributed by atoms with E-state index in [1.165, 1.54) is 0 Å². The number of amidine groups is 1. The Morgan fingerprint density at radius 2 is 1.74 bits per heavy atom. The van der Waals surface area contributed by atoms with Crippen LogP contribution in [0.5, 0.6) is 5.75 Å². The summed E-state index contributed by atoms with van der Waals surface area (Å²) in [5.74, 6) is 0.626. The molecule has 2 aliphatic rings. The maximum Gasteiger partial charge on any atom is 0.275 e. The average Bonchev–Trinajstić information content (AvgIpc) is 3.23. The van der Waals surface area contributed by atoms with E-state index in [9.17, 15) is 9.59 Å².